The molecule has 0 heterocycles. The van der Waals surface area contributed by atoms with Crippen LogP contribution in [0.5, 0.6) is 11.5 Å². The number of carbonyl (C=O) groups excluding carboxylic acids is 1. The molecule has 0 aliphatic carbocycles. The van der Waals surface area contributed by atoms with Gasteiger partial charge in [0.2, 0.25) is 0 Å². The molecule has 25 heavy (non-hydrogen) atoms. The minimum atomic E-state index is -0.252. The Balaban J connectivity index is 1.75. The molecule has 2 aromatic carbocycles. The van der Waals surface area contributed by atoms with Crippen molar-refractivity contribution in [2.45, 2.75) is 6.42 Å². The molecule has 0 fully saturated rings. The molecular formula is C19H25N3O3. The van der Waals surface area contributed by atoms with E-state index in [0.29, 0.717) is 23.7 Å². The highest BCUT2D eigenvalue weighted by molar-refractivity contribution is 5.89. The molecule has 0 spiro atoms. The van der Waals surface area contributed by atoms with Gasteiger partial charge in [-0.05, 0) is 18.6 Å². The first kappa shape index (κ1) is 18.4. The predicted molar refractivity (Wildman–Crippen MR) is 101 cm³/mol. The summed E-state index contributed by atoms with van der Waals surface area (Å²) in [6.45, 7) is 1.45. The van der Waals surface area contributed by atoms with E-state index in [1.165, 1.54) is 0 Å². The highest BCUT2D eigenvalue weighted by Gasteiger charge is 2.06. The van der Waals surface area contributed by atoms with Gasteiger partial charge in [0.1, 0.15) is 11.5 Å². The lowest BCUT2D eigenvalue weighted by Gasteiger charge is -2.19. The van der Waals surface area contributed by atoms with E-state index in [2.05, 4.69) is 27.7 Å². The van der Waals surface area contributed by atoms with Gasteiger partial charge in [0.15, 0.2) is 0 Å². The highest BCUT2D eigenvalue weighted by atomic mass is 16.5. The number of rotatable bonds is 8. The summed E-state index contributed by atoms with van der Waals surface area (Å²) in [5, 5.41) is 5.64. The lowest BCUT2D eigenvalue weighted by Crippen LogP contribution is -2.31. The number of nitrogens with one attached hydrogen (secondary N) is 2. The van der Waals surface area contributed by atoms with Gasteiger partial charge in [-0.3, -0.25) is 0 Å². The number of ether oxygens (including phenoxy) is 2. The molecule has 134 valence electrons. The summed E-state index contributed by atoms with van der Waals surface area (Å²) < 4.78 is 10.4. The molecule has 0 aliphatic heterocycles. The van der Waals surface area contributed by atoms with E-state index in [0.717, 1.165) is 18.7 Å². The Morgan fingerprint density at radius 3 is 2.28 bits per heavy atom. The van der Waals surface area contributed by atoms with Gasteiger partial charge in [-0.25, -0.2) is 4.79 Å². The van der Waals surface area contributed by atoms with Crippen molar-refractivity contribution in [3.63, 3.8) is 0 Å². The second-order valence-corrected chi connectivity index (χ2v) is 5.59. The van der Waals surface area contributed by atoms with Crippen LogP contribution < -0.4 is 25.0 Å². The topological polar surface area (TPSA) is 62.8 Å². The number of benzene rings is 2. The zero-order chi connectivity index (χ0) is 18.1. The maximum atomic E-state index is 12.0. The third-order valence-electron chi connectivity index (χ3n) is 3.76. The first-order chi connectivity index (χ1) is 12.1. The zero-order valence-electron chi connectivity index (χ0n) is 14.9. The smallest absolute Gasteiger partial charge is 0.319 e. The molecular weight excluding hydrogens is 318 g/mol. The van der Waals surface area contributed by atoms with Gasteiger partial charge in [0.05, 0.1) is 14.2 Å². The van der Waals surface area contributed by atoms with Crippen molar-refractivity contribution in [3.8, 4) is 11.5 Å². The summed E-state index contributed by atoms with van der Waals surface area (Å²) in [4.78, 5) is 14.2. The molecule has 6 nitrogen and oxygen atoms in total. The van der Waals surface area contributed by atoms with Crippen LogP contribution in [0.4, 0.5) is 16.2 Å². The van der Waals surface area contributed by atoms with Gasteiger partial charge < -0.3 is 25.0 Å². The third kappa shape index (κ3) is 5.91. The maximum Gasteiger partial charge on any atom is 0.319 e. The van der Waals surface area contributed by atoms with Crippen LogP contribution in [-0.2, 0) is 0 Å². The number of carbonyl (C=O) groups is 1. The number of hydrogen-bond acceptors (Lipinski definition) is 4. The van der Waals surface area contributed by atoms with E-state index in [-0.39, 0.29) is 6.03 Å². The van der Waals surface area contributed by atoms with Crippen LogP contribution >= 0.6 is 0 Å². The van der Waals surface area contributed by atoms with Crippen molar-refractivity contribution in [1.29, 1.82) is 0 Å². The fourth-order valence-electron chi connectivity index (χ4n) is 2.38. The minimum Gasteiger partial charge on any atom is -0.497 e. The molecule has 0 saturated heterocycles. The van der Waals surface area contributed by atoms with Crippen molar-refractivity contribution in [2.24, 2.45) is 0 Å². The Bertz CT molecular complexity index is 655. The highest BCUT2D eigenvalue weighted by Crippen LogP contribution is 2.25. The molecule has 0 bridgehead atoms. The Kier molecular flexibility index (Phi) is 6.95. The molecule has 0 saturated carbocycles. The normalized spacial score (nSPS) is 10.0. The predicted octanol–water partition coefficient (Wildman–Crippen LogP) is 3.35. The van der Waals surface area contributed by atoms with Crippen LogP contribution in [0.3, 0.4) is 0 Å². The number of methoxy groups -OCH3 is 2. The van der Waals surface area contributed by atoms with Crippen molar-refractivity contribution < 1.29 is 14.3 Å². The van der Waals surface area contributed by atoms with E-state index in [1.807, 2.05) is 25.2 Å². The number of anilines is 2. The van der Waals surface area contributed by atoms with Crippen LogP contribution in [0, 0.1) is 0 Å². The molecule has 0 aliphatic rings. The van der Waals surface area contributed by atoms with E-state index in [9.17, 15) is 4.79 Å². The van der Waals surface area contributed by atoms with E-state index in [1.54, 1.807) is 32.4 Å². The average Bonchev–Trinajstić information content (AvgIpc) is 2.65. The second kappa shape index (κ2) is 9.42. The average molecular weight is 343 g/mol. The number of para-hydroxylation sites is 1. The molecule has 2 rings (SSSR count). The SMILES string of the molecule is COc1cc(NC(=O)NCCCN(C)c2ccccc2)cc(OC)c1. The third-order valence-corrected chi connectivity index (χ3v) is 3.76. The van der Waals surface area contributed by atoms with Crippen LogP contribution in [-0.4, -0.2) is 40.4 Å². The van der Waals surface area contributed by atoms with Crippen LogP contribution in [0.15, 0.2) is 48.5 Å². The largest absolute Gasteiger partial charge is 0.497 e. The molecule has 0 radical (unpaired) electrons. The summed E-state index contributed by atoms with van der Waals surface area (Å²) in [5.41, 5.74) is 1.78. The fraction of sp³-hybridized carbons (Fsp3) is 0.316. The lowest BCUT2D eigenvalue weighted by atomic mass is 10.2. The summed E-state index contributed by atoms with van der Waals surface area (Å²) in [6.07, 6.45) is 0.847. The van der Waals surface area contributed by atoms with Gasteiger partial charge in [-0.1, -0.05) is 18.2 Å². The van der Waals surface area contributed by atoms with Crippen LogP contribution in [0.2, 0.25) is 0 Å². The quantitative estimate of drug-likeness (QED) is 0.722. The molecule has 2 aromatic rings. The van der Waals surface area contributed by atoms with Gasteiger partial charge in [0, 0.05) is 49.7 Å². The van der Waals surface area contributed by atoms with Gasteiger partial charge in [-0.15, -0.1) is 0 Å². The van der Waals surface area contributed by atoms with Crippen molar-refractivity contribution in [3.05, 3.63) is 48.5 Å². The number of nitrogens with zero attached hydrogens (tertiary/aromatic N) is 1. The molecule has 6 heteroatoms. The molecule has 2 amide bonds. The van der Waals surface area contributed by atoms with Crippen molar-refractivity contribution in [1.82, 2.24) is 5.32 Å². The zero-order valence-corrected chi connectivity index (χ0v) is 14.9. The molecule has 2 N–H and O–H groups in total. The Morgan fingerprint density at radius 2 is 1.68 bits per heavy atom. The van der Waals surface area contributed by atoms with Gasteiger partial charge >= 0.3 is 6.03 Å². The Morgan fingerprint density at radius 1 is 1.04 bits per heavy atom. The number of urea groups is 1. The first-order valence-electron chi connectivity index (χ1n) is 8.16. The molecule has 0 unspecified atom stereocenters. The van der Waals surface area contributed by atoms with E-state index in [4.69, 9.17) is 9.47 Å². The van der Waals surface area contributed by atoms with Crippen LogP contribution in [0.1, 0.15) is 6.42 Å². The van der Waals surface area contributed by atoms with E-state index < -0.39 is 0 Å². The summed E-state index contributed by atoms with van der Waals surface area (Å²) in [7, 11) is 5.18. The van der Waals surface area contributed by atoms with Gasteiger partial charge in [0.25, 0.3) is 0 Å². The minimum absolute atomic E-state index is 0.252. The fourth-order valence-corrected chi connectivity index (χ4v) is 2.38. The summed E-state index contributed by atoms with van der Waals surface area (Å²) in [5.74, 6) is 1.25. The lowest BCUT2D eigenvalue weighted by molar-refractivity contribution is 0.252. The van der Waals surface area contributed by atoms with Crippen molar-refractivity contribution in [2.75, 3.05) is 44.6 Å². The Hall–Kier alpha value is -2.89. The maximum absolute atomic E-state index is 12.0. The van der Waals surface area contributed by atoms with Crippen molar-refractivity contribution >= 4 is 17.4 Å². The summed E-state index contributed by atoms with van der Waals surface area (Å²) >= 11 is 0. The Labute approximate surface area is 148 Å². The monoisotopic (exact) mass is 343 g/mol. The number of hydrogen-bond donors (Lipinski definition) is 2. The number of amides is 2. The second-order valence-electron chi connectivity index (χ2n) is 5.59. The van der Waals surface area contributed by atoms with Gasteiger partial charge in [-0.2, -0.15) is 0 Å². The summed E-state index contributed by atoms with van der Waals surface area (Å²) in [6, 6.07) is 15.1. The first-order valence-corrected chi connectivity index (χ1v) is 8.16. The standard InChI is InChI=1S/C19H25N3O3/c1-22(16-8-5-4-6-9-16)11-7-10-20-19(23)21-15-12-17(24-2)14-18(13-15)25-3/h4-6,8-9,12-14H,7,10-11H2,1-3H3,(H2,20,21,23). The van der Waals surface area contributed by atoms with E-state index >= 15 is 0 Å². The molecule has 0 aromatic heterocycles. The molecule has 0 atom stereocenters. The van der Waals surface area contributed by atoms with Crippen LogP contribution in [0.25, 0.3) is 0 Å².